The van der Waals surface area contributed by atoms with Crippen LogP contribution in [0.15, 0.2) is 6.20 Å². The van der Waals surface area contributed by atoms with Gasteiger partial charge in [0.1, 0.15) is 0 Å². The first-order valence-electron chi connectivity index (χ1n) is 4.33. The van der Waals surface area contributed by atoms with Gasteiger partial charge in [-0.05, 0) is 0 Å². The molecule has 8 heteroatoms. The van der Waals surface area contributed by atoms with Crippen LogP contribution in [0.1, 0.15) is 11.3 Å². The minimum Gasteiger partial charge on any atom is -0.325 e. The number of aryl methyl sites for hydroxylation is 1. The Kier molecular flexibility index (Phi) is 3.22. The number of halogens is 5. The van der Waals surface area contributed by atoms with Crippen molar-refractivity contribution < 1.29 is 22.0 Å². The van der Waals surface area contributed by atoms with Gasteiger partial charge in [0.25, 0.3) is 5.92 Å². The summed E-state index contributed by atoms with van der Waals surface area (Å²) in [7, 11) is 1.24. The molecule has 1 aromatic heterocycles. The molecule has 1 heterocycles. The molecule has 1 aromatic rings. The molecule has 0 aliphatic heterocycles. The lowest BCUT2D eigenvalue weighted by molar-refractivity contribution is -0.142. The van der Waals surface area contributed by atoms with E-state index in [0.717, 1.165) is 10.9 Å². The van der Waals surface area contributed by atoms with Gasteiger partial charge in [0, 0.05) is 25.2 Å². The predicted octanol–water partition coefficient (Wildman–Crippen LogP) is 1.58. The highest BCUT2D eigenvalue weighted by molar-refractivity contribution is 5.21. The molecule has 0 atom stereocenters. The summed E-state index contributed by atoms with van der Waals surface area (Å²) in [6, 6.07) is 0. The second-order valence-corrected chi connectivity index (χ2v) is 3.41. The number of hydrogen-bond acceptors (Lipinski definition) is 2. The number of rotatable bonds is 3. The quantitative estimate of drug-likeness (QED) is 0.819. The molecule has 0 bridgehead atoms. The molecule has 0 aliphatic carbocycles. The molecule has 0 fully saturated rings. The highest BCUT2D eigenvalue weighted by Gasteiger charge is 2.39. The zero-order chi connectivity index (χ0) is 12.6. The van der Waals surface area contributed by atoms with Crippen LogP contribution < -0.4 is 5.73 Å². The van der Waals surface area contributed by atoms with Gasteiger partial charge >= 0.3 is 6.18 Å². The minimum atomic E-state index is -4.73. The van der Waals surface area contributed by atoms with E-state index in [-0.39, 0.29) is 0 Å². The van der Waals surface area contributed by atoms with Gasteiger partial charge in [0.05, 0.1) is 6.54 Å². The Labute approximate surface area is 88.0 Å². The number of nitrogens with two attached hydrogens (primary N) is 1. The fraction of sp³-hybridized carbons (Fsp3) is 0.625. The Morgan fingerprint density at radius 1 is 1.31 bits per heavy atom. The molecular weight excluding hydrogens is 233 g/mol. The molecule has 92 valence electrons. The Bertz CT molecular complexity index is 368. The molecule has 0 radical (unpaired) electrons. The SMILES string of the molecule is Cn1cc(CC(F)(F)CN)c(C(F)(F)F)n1. The molecule has 3 nitrogen and oxygen atoms in total. The van der Waals surface area contributed by atoms with Crippen LogP contribution in [0.3, 0.4) is 0 Å². The summed E-state index contributed by atoms with van der Waals surface area (Å²) in [5.74, 6) is -3.36. The van der Waals surface area contributed by atoms with Gasteiger partial charge in [-0.1, -0.05) is 0 Å². The Morgan fingerprint density at radius 2 is 1.88 bits per heavy atom. The zero-order valence-electron chi connectivity index (χ0n) is 8.35. The first-order chi connectivity index (χ1) is 7.15. The van der Waals surface area contributed by atoms with Crippen LogP contribution in [-0.4, -0.2) is 22.2 Å². The van der Waals surface area contributed by atoms with E-state index in [1.54, 1.807) is 0 Å². The maximum absolute atomic E-state index is 12.9. The second kappa shape index (κ2) is 4.00. The van der Waals surface area contributed by atoms with Crippen molar-refractivity contribution in [3.8, 4) is 0 Å². The van der Waals surface area contributed by atoms with Gasteiger partial charge in [-0.25, -0.2) is 8.78 Å². The Morgan fingerprint density at radius 3 is 2.31 bits per heavy atom. The van der Waals surface area contributed by atoms with Crippen molar-refractivity contribution in [1.29, 1.82) is 0 Å². The fourth-order valence-corrected chi connectivity index (χ4v) is 1.26. The van der Waals surface area contributed by atoms with Crippen LogP contribution in [0.4, 0.5) is 22.0 Å². The summed E-state index contributed by atoms with van der Waals surface area (Å²) >= 11 is 0. The Hall–Kier alpha value is -1.18. The van der Waals surface area contributed by atoms with Crippen LogP contribution in [0.25, 0.3) is 0 Å². The van der Waals surface area contributed by atoms with E-state index >= 15 is 0 Å². The van der Waals surface area contributed by atoms with Crippen molar-refractivity contribution in [3.05, 3.63) is 17.5 Å². The molecule has 0 aromatic carbocycles. The molecule has 2 N–H and O–H groups in total. The lowest BCUT2D eigenvalue weighted by atomic mass is 10.1. The predicted molar refractivity (Wildman–Crippen MR) is 45.9 cm³/mol. The fourth-order valence-electron chi connectivity index (χ4n) is 1.26. The van der Waals surface area contributed by atoms with Gasteiger partial charge in [-0.15, -0.1) is 0 Å². The monoisotopic (exact) mass is 243 g/mol. The van der Waals surface area contributed by atoms with Crippen LogP contribution in [-0.2, 0) is 19.6 Å². The van der Waals surface area contributed by atoms with Crippen LogP contribution in [0.5, 0.6) is 0 Å². The smallest absolute Gasteiger partial charge is 0.325 e. The van der Waals surface area contributed by atoms with Crippen molar-refractivity contribution in [3.63, 3.8) is 0 Å². The van der Waals surface area contributed by atoms with Gasteiger partial charge in [0.2, 0.25) is 0 Å². The lowest BCUT2D eigenvalue weighted by Gasteiger charge is -2.13. The molecule has 0 unspecified atom stereocenters. The summed E-state index contributed by atoms with van der Waals surface area (Å²) in [4.78, 5) is 0. The summed E-state index contributed by atoms with van der Waals surface area (Å²) in [6.07, 6.45) is -4.88. The standard InChI is InChI=1S/C8H10F5N3/c1-16-3-5(2-7(9,10)4-14)6(15-16)8(11,12)13/h3H,2,4,14H2,1H3. The van der Waals surface area contributed by atoms with E-state index in [9.17, 15) is 22.0 Å². The van der Waals surface area contributed by atoms with E-state index in [0.29, 0.717) is 0 Å². The molecule has 0 saturated carbocycles. The van der Waals surface area contributed by atoms with Crippen molar-refractivity contribution in [2.75, 3.05) is 6.54 Å². The molecule has 0 spiro atoms. The molecule has 0 aliphatic rings. The molecule has 0 amide bonds. The first-order valence-corrected chi connectivity index (χ1v) is 4.33. The summed E-state index contributed by atoms with van der Waals surface area (Å²) in [5.41, 5.74) is 2.92. The van der Waals surface area contributed by atoms with Gasteiger partial charge in [0.15, 0.2) is 5.69 Å². The highest BCUT2D eigenvalue weighted by Crippen LogP contribution is 2.32. The van der Waals surface area contributed by atoms with Crippen molar-refractivity contribution in [1.82, 2.24) is 9.78 Å². The Balaban J connectivity index is 3.05. The number of alkyl halides is 5. The van der Waals surface area contributed by atoms with Crippen LogP contribution in [0.2, 0.25) is 0 Å². The van der Waals surface area contributed by atoms with Gasteiger partial charge in [-0.3, -0.25) is 4.68 Å². The number of aromatic nitrogens is 2. The third kappa shape index (κ3) is 2.91. The molecular formula is C8H10F5N3. The summed E-state index contributed by atoms with van der Waals surface area (Å²) in [6.45, 7) is -1.00. The van der Waals surface area contributed by atoms with Gasteiger partial charge in [-0.2, -0.15) is 18.3 Å². The number of nitrogens with zero attached hydrogens (tertiary/aromatic N) is 2. The largest absolute Gasteiger partial charge is 0.435 e. The van der Waals surface area contributed by atoms with E-state index < -0.39 is 36.3 Å². The second-order valence-electron chi connectivity index (χ2n) is 3.41. The van der Waals surface area contributed by atoms with Crippen LogP contribution >= 0.6 is 0 Å². The molecule has 1 rings (SSSR count). The summed E-state index contributed by atoms with van der Waals surface area (Å²) < 4.78 is 63.8. The van der Waals surface area contributed by atoms with E-state index in [1.165, 1.54) is 7.05 Å². The number of hydrogen-bond donors (Lipinski definition) is 1. The summed E-state index contributed by atoms with van der Waals surface area (Å²) in [5, 5.41) is 3.12. The highest BCUT2D eigenvalue weighted by atomic mass is 19.4. The van der Waals surface area contributed by atoms with Crippen LogP contribution in [0, 0.1) is 0 Å². The van der Waals surface area contributed by atoms with E-state index in [4.69, 9.17) is 5.73 Å². The normalized spacial score (nSPS) is 13.2. The minimum absolute atomic E-state index is 0.551. The zero-order valence-corrected chi connectivity index (χ0v) is 8.35. The first kappa shape index (κ1) is 12.9. The average molecular weight is 243 g/mol. The maximum atomic E-state index is 12.9. The van der Waals surface area contributed by atoms with E-state index in [1.807, 2.05) is 0 Å². The van der Waals surface area contributed by atoms with Crippen molar-refractivity contribution in [2.45, 2.75) is 18.5 Å². The maximum Gasteiger partial charge on any atom is 0.435 e. The topological polar surface area (TPSA) is 43.8 Å². The van der Waals surface area contributed by atoms with E-state index in [2.05, 4.69) is 5.10 Å². The van der Waals surface area contributed by atoms with Crippen molar-refractivity contribution in [2.24, 2.45) is 12.8 Å². The molecule has 0 saturated heterocycles. The van der Waals surface area contributed by atoms with Crippen molar-refractivity contribution >= 4 is 0 Å². The third-order valence-corrected chi connectivity index (χ3v) is 1.92. The third-order valence-electron chi connectivity index (χ3n) is 1.92. The van der Waals surface area contributed by atoms with Gasteiger partial charge < -0.3 is 5.73 Å². The average Bonchev–Trinajstić information content (AvgIpc) is 2.45. The molecule has 16 heavy (non-hydrogen) atoms. The lowest BCUT2D eigenvalue weighted by Crippen LogP contribution is -2.30.